The van der Waals surface area contributed by atoms with Crippen molar-refractivity contribution >= 4 is 11.8 Å². The number of carbonyl (C=O) groups is 2. The van der Waals surface area contributed by atoms with E-state index < -0.39 is 0 Å². The van der Waals surface area contributed by atoms with E-state index in [2.05, 4.69) is 15.5 Å². The van der Waals surface area contributed by atoms with Crippen LogP contribution in [0.4, 0.5) is 0 Å². The number of hydrogen-bond acceptors (Lipinski definition) is 6. The fraction of sp³-hybridized carbons (Fsp3) is 0.474. The maximum Gasteiger partial charge on any atom is 0.261 e. The minimum atomic E-state index is -0.214. The molecule has 8 heteroatoms. The molecule has 2 amide bonds. The van der Waals surface area contributed by atoms with Crippen molar-refractivity contribution in [3.63, 3.8) is 0 Å². The third-order valence-corrected chi connectivity index (χ3v) is 4.78. The lowest BCUT2D eigenvalue weighted by molar-refractivity contribution is -0.131. The molecule has 0 radical (unpaired) electrons. The average Bonchev–Trinajstić information content (AvgIpc) is 3.21. The lowest BCUT2D eigenvalue weighted by Gasteiger charge is -2.18. The summed E-state index contributed by atoms with van der Waals surface area (Å²) in [5.41, 5.74) is 0.764. The summed E-state index contributed by atoms with van der Waals surface area (Å²) in [6.07, 6.45) is 2.85. The molecule has 2 aromatic rings. The van der Waals surface area contributed by atoms with E-state index in [1.807, 2.05) is 24.3 Å². The van der Waals surface area contributed by atoms with E-state index in [-0.39, 0.29) is 24.5 Å². The number of amides is 2. The van der Waals surface area contributed by atoms with Crippen molar-refractivity contribution in [2.45, 2.75) is 38.2 Å². The number of carbonyl (C=O) groups excluding carboxylic acids is 2. The maximum atomic E-state index is 12.1. The van der Waals surface area contributed by atoms with Crippen LogP contribution in [-0.4, -0.2) is 52.6 Å². The van der Waals surface area contributed by atoms with Crippen molar-refractivity contribution < 1.29 is 18.8 Å². The molecule has 2 aliphatic rings. The Morgan fingerprint density at radius 1 is 1.30 bits per heavy atom. The van der Waals surface area contributed by atoms with Gasteiger partial charge in [-0.2, -0.15) is 4.98 Å². The van der Waals surface area contributed by atoms with Gasteiger partial charge in [-0.3, -0.25) is 9.59 Å². The van der Waals surface area contributed by atoms with E-state index in [0.29, 0.717) is 30.6 Å². The smallest absolute Gasteiger partial charge is 0.261 e. The van der Waals surface area contributed by atoms with Crippen molar-refractivity contribution in [3.8, 4) is 17.2 Å². The van der Waals surface area contributed by atoms with Crippen LogP contribution in [0.1, 0.15) is 37.9 Å². The molecule has 2 fully saturated rings. The topological polar surface area (TPSA) is 97.6 Å². The molecular weight excluding hydrogens is 348 g/mol. The zero-order valence-corrected chi connectivity index (χ0v) is 15.2. The molecule has 1 saturated heterocycles. The Kier molecular flexibility index (Phi) is 4.79. The normalized spacial score (nSPS) is 19.1. The molecule has 142 valence electrons. The molecule has 0 spiro atoms. The monoisotopic (exact) mass is 370 g/mol. The van der Waals surface area contributed by atoms with Crippen LogP contribution in [0.5, 0.6) is 5.75 Å². The van der Waals surface area contributed by atoms with E-state index in [9.17, 15) is 9.59 Å². The van der Waals surface area contributed by atoms with Crippen molar-refractivity contribution in [3.05, 3.63) is 30.1 Å². The summed E-state index contributed by atoms with van der Waals surface area (Å²) in [6.45, 7) is 2.51. The Morgan fingerprint density at radius 2 is 2.11 bits per heavy atom. The van der Waals surface area contributed by atoms with Crippen molar-refractivity contribution in [1.82, 2.24) is 20.4 Å². The summed E-state index contributed by atoms with van der Waals surface area (Å²) in [7, 11) is 0. The van der Waals surface area contributed by atoms with E-state index in [4.69, 9.17) is 9.26 Å². The third kappa shape index (κ3) is 4.10. The minimum absolute atomic E-state index is 0.0184. The molecule has 8 nitrogen and oxygen atoms in total. The molecule has 1 saturated carbocycles. The summed E-state index contributed by atoms with van der Waals surface area (Å²) in [4.78, 5) is 29.3. The second kappa shape index (κ2) is 7.38. The standard InChI is InChI=1S/C19H22N4O4/c1-12(24)20-10-17(25)23-9-8-14(11-23)26-16-5-3-2-4-15(16)19-21-18(22-27-19)13-6-7-13/h2-5,13-14H,6-11H2,1H3,(H,20,24). The molecule has 1 atom stereocenters. The van der Waals surface area contributed by atoms with Crippen molar-refractivity contribution in [2.24, 2.45) is 0 Å². The van der Waals surface area contributed by atoms with Crippen molar-refractivity contribution in [2.75, 3.05) is 19.6 Å². The van der Waals surface area contributed by atoms with E-state index in [1.54, 1.807) is 4.90 Å². The van der Waals surface area contributed by atoms with Crippen LogP contribution in [0.25, 0.3) is 11.5 Å². The van der Waals surface area contributed by atoms with Crippen LogP contribution < -0.4 is 10.1 Å². The molecule has 1 unspecified atom stereocenters. The Balaban J connectivity index is 1.41. The van der Waals surface area contributed by atoms with Gasteiger partial charge in [0.2, 0.25) is 11.8 Å². The van der Waals surface area contributed by atoms with Crippen LogP contribution in [0, 0.1) is 0 Å². The molecule has 1 N–H and O–H groups in total. The maximum absolute atomic E-state index is 12.1. The Bertz CT molecular complexity index is 846. The third-order valence-electron chi connectivity index (χ3n) is 4.78. The van der Waals surface area contributed by atoms with Gasteiger partial charge in [-0.05, 0) is 25.0 Å². The van der Waals surface area contributed by atoms with Crippen molar-refractivity contribution in [1.29, 1.82) is 0 Å². The summed E-state index contributed by atoms with van der Waals surface area (Å²) in [6, 6.07) is 7.57. The lowest BCUT2D eigenvalue weighted by atomic mass is 10.2. The van der Waals surface area contributed by atoms with Gasteiger partial charge >= 0.3 is 0 Å². The quantitative estimate of drug-likeness (QED) is 0.832. The number of hydrogen-bond donors (Lipinski definition) is 1. The molecule has 1 aromatic carbocycles. The van der Waals surface area contributed by atoms with Gasteiger partial charge in [-0.25, -0.2) is 0 Å². The van der Waals surface area contributed by atoms with Crippen LogP contribution in [0.2, 0.25) is 0 Å². The van der Waals surface area contributed by atoms with Gasteiger partial charge in [0.1, 0.15) is 11.9 Å². The Labute approximate surface area is 156 Å². The predicted molar refractivity (Wildman–Crippen MR) is 96.0 cm³/mol. The molecule has 0 bridgehead atoms. The zero-order chi connectivity index (χ0) is 18.8. The van der Waals surface area contributed by atoms with Gasteiger partial charge in [0.25, 0.3) is 5.89 Å². The highest BCUT2D eigenvalue weighted by Crippen LogP contribution is 2.39. The number of aromatic nitrogens is 2. The van der Waals surface area contributed by atoms with E-state index >= 15 is 0 Å². The average molecular weight is 370 g/mol. The number of para-hydroxylation sites is 1. The van der Waals surface area contributed by atoms with Gasteiger partial charge in [-0.15, -0.1) is 0 Å². The molecule has 1 aliphatic carbocycles. The van der Waals surface area contributed by atoms with Crippen LogP contribution in [0.15, 0.2) is 28.8 Å². The van der Waals surface area contributed by atoms with E-state index in [0.717, 1.165) is 30.7 Å². The predicted octanol–water partition coefficient (Wildman–Crippen LogP) is 1.73. The van der Waals surface area contributed by atoms with Gasteiger partial charge < -0.3 is 19.5 Å². The second-order valence-corrected chi connectivity index (χ2v) is 7.01. The molecule has 1 aromatic heterocycles. The number of rotatable bonds is 6. The first-order valence-electron chi connectivity index (χ1n) is 9.22. The first-order valence-corrected chi connectivity index (χ1v) is 9.22. The first-order chi connectivity index (χ1) is 13.1. The van der Waals surface area contributed by atoms with Crippen LogP contribution in [0.3, 0.4) is 0 Å². The fourth-order valence-electron chi connectivity index (χ4n) is 3.14. The Hall–Kier alpha value is -2.90. The lowest BCUT2D eigenvalue weighted by Crippen LogP contribution is -2.39. The SMILES string of the molecule is CC(=O)NCC(=O)N1CCC(Oc2ccccc2-c2nc(C3CC3)no2)C1. The van der Waals surface area contributed by atoms with E-state index in [1.165, 1.54) is 6.92 Å². The summed E-state index contributed by atoms with van der Waals surface area (Å²) < 4.78 is 11.6. The number of nitrogens with one attached hydrogen (secondary N) is 1. The summed E-state index contributed by atoms with van der Waals surface area (Å²) in [5, 5.41) is 6.60. The summed E-state index contributed by atoms with van der Waals surface area (Å²) >= 11 is 0. The fourth-order valence-corrected chi connectivity index (χ4v) is 3.14. The number of ether oxygens (including phenoxy) is 1. The van der Waals surface area contributed by atoms with Crippen LogP contribution >= 0.6 is 0 Å². The molecule has 1 aliphatic heterocycles. The number of benzene rings is 1. The van der Waals surface area contributed by atoms with Gasteiger partial charge in [-0.1, -0.05) is 17.3 Å². The van der Waals surface area contributed by atoms with Gasteiger partial charge in [0.05, 0.1) is 18.7 Å². The second-order valence-electron chi connectivity index (χ2n) is 7.01. The zero-order valence-electron chi connectivity index (χ0n) is 15.2. The number of likely N-dealkylation sites (tertiary alicyclic amines) is 1. The highest BCUT2D eigenvalue weighted by Gasteiger charge is 2.31. The van der Waals surface area contributed by atoms with Gasteiger partial charge in [0.15, 0.2) is 5.82 Å². The molecule has 4 rings (SSSR count). The highest BCUT2D eigenvalue weighted by molar-refractivity contribution is 5.83. The highest BCUT2D eigenvalue weighted by atomic mass is 16.5. The summed E-state index contributed by atoms with van der Waals surface area (Å²) in [5.74, 6) is 2.00. The molecule has 27 heavy (non-hydrogen) atoms. The minimum Gasteiger partial charge on any atom is -0.488 e. The largest absolute Gasteiger partial charge is 0.488 e. The first kappa shape index (κ1) is 17.5. The van der Waals surface area contributed by atoms with Crippen LogP contribution in [-0.2, 0) is 9.59 Å². The number of nitrogens with zero attached hydrogens (tertiary/aromatic N) is 3. The Morgan fingerprint density at radius 3 is 2.89 bits per heavy atom. The van der Waals surface area contributed by atoms with Gasteiger partial charge in [0, 0.05) is 25.8 Å². The molecule has 2 heterocycles. The molecular formula is C19H22N4O4.